The van der Waals surface area contributed by atoms with Gasteiger partial charge >= 0.3 is 0 Å². The highest BCUT2D eigenvalue weighted by Crippen LogP contribution is 2.41. The zero-order valence-electron chi connectivity index (χ0n) is 18.1. The van der Waals surface area contributed by atoms with Gasteiger partial charge in [0.1, 0.15) is 22.7 Å². The number of nitrogens with one attached hydrogen (secondary N) is 1. The van der Waals surface area contributed by atoms with E-state index in [1.165, 1.54) is 18.1 Å². The van der Waals surface area contributed by atoms with Crippen molar-refractivity contribution in [1.29, 1.82) is 0 Å². The Bertz CT molecular complexity index is 1180. The van der Waals surface area contributed by atoms with Gasteiger partial charge in [-0.15, -0.1) is 11.3 Å². The number of ether oxygens (including phenoxy) is 1. The molecule has 0 saturated carbocycles. The molecule has 0 saturated heterocycles. The predicted octanol–water partition coefficient (Wildman–Crippen LogP) is 0.759. The molecule has 4 rings (SSSR count). The van der Waals surface area contributed by atoms with Crippen molar-refractivity contribution >= 4 is 50.9 Å². The molecule has 6 N–H and O–H groups in total. The normalized spacial score (nSPS) is 15.3. The number of anilines is 3. The Balaban J connectivity index is 1.69. The number of thiophene rings is 1. The molecular weight excluding hydrogens is 428 g/mol. The van der Waals surface area contributed by atoms with Crippen LogP contribution in [0.25, 0.3) is 10.2 Å². The highest BCUT2D eigenvalue weighted by Gasteiger charge is 2.30. The molecule has 0 spiro atoms. The second-order valence-corrected chi connectivity index (χ2v) is 8.89. The summed E-state index contributed by atoms with van der Waals surface area (Å²) in [5, 5.41) is 19.2. The summed E-state index contributed by atoms with van der Waals surface area (Å²) in [5.41, 5.74) is 9.13. The van der Waals surface area contributed by atoms with E-state index >= 15 is 0 Å². The summed E-state index contributed by atoms with van der Waals surface area (Å²) in [4.78, 5) is 25.3. The van der Waals surface area contributed by atoms with Gasteiger partial charge in [-0.3, -0.25) is 10.2 Å². The summed E-state index contributed by atoms with van der Waals surface area (Å²) in [6.07, 6.45) is 5.17. The van der Waals surface area contributed by atoms with Crippen LogP contribution >= 0.6 is 11.3 Å². The van der Waals surface area contributed by atoms with Gasteiger partial charge < -0.3 is 25.8 Å². The predicted molar refractivity (Wildman–Crippen MR) is 125 cm³/mol. The van der Waals surface area contributed by atoms with Crippen LogP contribution in [0.3, 0.4) is 0 Å². The molecule has 1 aliphatic rings. The second-order valence-electron chi connectivity index (χ2n) is 7.80. The third-order valence-corrected chi connectivity index (χ3v) is 7.01. The van der Waals surface area contributed by atoms with E-state index in [1.54, 1.807) is 36.5 Å². The number of likely N-dealkylation sites (N-methyl/N-ethyl adjacent to an activating group) is 1. The molecule has 3 aromatic rings. The zero-order chi connectivity index (χ0) is 22.8. The minimum atomic E-state index is -0.0867. The van der Waals surface area contributed by atoms with Crippen LogP contribution in [0.1, 0.15) is 22.4 Å². The molecule has 32 heavy (non-hydrogen) atoms. The fraction of sp³-hybridized carbons (Fsp3) is 0.364. The summed E-state index contributed by atoms with van der Waals surface area (Å²) in [6, 6.07) is 3.55. The van der Waals surface area contributed by atoms with Crippen LogP contribution < -0.4 is 21.2 Å². The van der Waals surface area contributed by atoms with E-state index in [4.69, 9.17) is 21.0 Å². The van der Waals surface area contributed by atoms with Crippen LogP contribution in [-0.2, 0) is 17.6 Å². The molecule has 1 amide bonds. The van der Waals surface area contributed by atoms with Gasteiger partial charge in [0.05, 0.1) is 30.4 Å². The lowest BCUT2D eigenvalue weighted by molar-refractivity contribution is -0.135. The number of nitrogens with two attached hydrogens (primary N) is 2. The van der Waals surface area contributed by atoms with E-state index in [0.29, 0.717) is 41.5 Å². The van der Waals surface area contributed by atoms with Crippen molar-refractivity contribution in [2.45, 2.75) is 19.3 Å². The molecule has 1 aliphatic carbocycles. The number of hydrogen-bond donors (Lipinski definition) is 4. The molecule has 9 nitrogen and oxygen atoms in total. The topological polar surface area (TPSA) is 139 Å². The highest BCUT2D eigenvalue weighted by molar-refractivity contribution is 7.19. The van der Waals surface area contributed by atoms with Crippen LogP contribution in [0, 0.1) is 5.92 Å². The molecule has 0 bridgehead atoms. The number of hydrogen-bond acceptors (Lipinski definition) is 8. The van der Waals surface area contributed by atoms with Crippen LogP contribution in [0.4, 0.5) is 17.2 Å². The molecular formula is C22H27N6O3S+. The third kappa shape index (κ3) is 3.98. The van der Waals surface area contributed by atoms with Crippen molar-refractivity contribution in [3.8, 4) is 5.75 Å². The molecule has 1 atom stereocenters. The minimum Gasteiger partial charge on any atom is -0.494 e. The van der Waals surface area contributed by atoms with Crippen molar-refractivity contribution in [2.24, 2.45) is 5.92 Å². The Morgan fingerprint density at radius 3 is 3.00 bits per heavy atom. The maximum absolute atomic E-state index is 12.7. The average Bonchev–Trinajstić information content (AvgIpc) is 3.18. The number of nitrogens with zero attached hydrogens (tertiary/aromatic N) is 3. The number of nitrogen functional groups attached to an aromatic ring is 1. The molecule has 168 valence electrons. The number of fused-ring (bicyclic) bond motifs is 3. The van der Waals surface area contributed by atoms with Gasteiger partial charge in [-0.05, 0) is 30.9 Å². The Morgan fingerprint density at radius 1 is 1.47 bits per heavy atom. The molecule has 0 aliphatic heterocycles. The van der Waals surface area contributed by atoms with E-state index < -0.39 is 0 Å². The lowest BCUT2D eigenvalue weighted by Gasteiger charge is -2.26. The first kappa shape index (κ1) is 22.0. The monoisotopic (exact) mass is 455 g/mol. The summed E-state index contributed by atoms with van der Waals surface area (Å²) < 4.78 is 5.49. The quantitative estimate of drug-likeness (QED) is 0.305. The summed E-state index contributed by atoms with van der Waals surface area (Å²) in [7, 11) is 3.32. The molecule has 2 heterocycles. The molecule has 1 aromatic carbocycles. The van der Waals surface area contributed by atoms with E-state index in [0.717, 1.165) is 27.9 Å². The van der Waals surface area contributed by atoms with Crippen molar-refractivity contribution in [3.05, 3.63) is 34.5 Å². The van der Waals surface area contributed by atoms with Crippen molar-refractivity contribution < 1.29 is 20.0 Å². The Labute approximate surface area is 189 Å². The fourth-order valence-electron chi connectivity index (χ4n) is 4.14. The number of aryl methyl sites for hydroxylation is 1. The standard InChI is InChI=1S/C22H26N6O3S/c1-28(5-6-29)22(30)12-3-4-14-18(8-12)32-21-19(14)20(25-11-26-21)27-16-7-13(10-23)15(24)9-17(16)31-2/h7,9-12,23,29H,3-6,8,24H2,1-2H3,(H,25,26,27)/p+1. The smallest absolute Gasteiger partial charge is 0.225 e. The van der Waals surface area contributed by atoms with Crippen LogP contribution in [0.15, 0.2) is 18.5 Å². The van der Waals surface area contributed by atoms with Gasteiger partial charge in [0.2, 0.25) is 5.91 Å². The van der Waals surface area contributed by atoms with Gasteiger partial charge in [0.15, 0.2) is 6.21 Å². The number of carbonyl (C=O) groups is 1. The summed E-state index contributed by atoms with van der Waals surface area (Å²) in [6.45, 7) is 0.311. The zero-order valence-corrected chi connectivity index (χ0v) is 18.9. The summed E-state index contributed by atoms with van der Waals surface area (Å²) in [5.74, 6) is 1.25. The highest BCUT2D eigenvalue weighted by atomic mass is 32.1. The molecule has 2 aromatic heterocycles. The number of methoxy groups -OCH3 is 1. The van der Waals surface area contributed by atoms with Crippen molar-refractivity contribution in [1.82, 2.24) is 14.9 Å². The first-order chi connectivity index (χ1) is 15.5. The summed E-state index contributed by atoms with van der Waals surface area (Å²) >= 11 is 1.60. The fourth-order valence-corrected chi connectivity index (χ4v) is 5.41. The van der Waals surface area contributed by atoms with E-state index in [-0.39, 0.29) is 18.4 Å². The average molecular weight is 456 g/mol. The van der Waals surface area contributed by atoms with Crippen LogP contribution in [0.5, 0.6) is 5.75 Å². The number of amides is 1. The maximum Gasteiger partial charge on any atom is 0.225 e. The molecule has 1 unspecified atom stereocenters. The third-order valence-electron chi connectivity index (χ3n) is 5.84. The number of aliphatic hydroxyl groups excluding tert-OH is 1. The van der Waals surface area contributed by atoms with E-state index in [9.17, 15) is 4.79 Å². The molecule has 0 fully saturated rings. The number of aliphatic hydroxyl groups is 1. The number of benzene rings is 1. The first-order valence-electron chi connectivity index (χ1n) is 10.4. The SMILES string of the molecule is COc1cc(N)c(C=[NH2+])cc1Nc1ncnc2sc3c(c12)CCC(C(=O)N(C)CCO)C3. The number of carbonyl (C=O) groups excluding carboxylic acids is 1. The van der Waals surface area contributed by atoms with Crippen molar-refractivity contribution in [3.63, 3.8) is 0 Å². The Morgan fingerprint density at radius 2 is 2.28 bits per heavy atom. The molecule has 0 radical (unpaired) electrons. The van der Waals surface area contributed by atoms with Gasteiger partial charge in [-0.25, -0.2) is 9.97 Å². The van der Waals surface area contributed by atoms with Crippen molar-refractivity contribution in [2.75, 3.05) is 38.4 Å². The number of aromatic nitrogens is 2. The number of rotatable bonds is 7. The Hall–Kier alpha value is -3.24. The van der Waals surface area contributed by atoms with Gasteiger partial charge in [0.25, 0.3) is 0 Å². The largest absolute Gasteiger partial charge is 0.494 e. The van der Waals surface area contributed by atoms with Gasteiger partial charge in [0, 0.05) is 36.1 Å². The van der Waals surface area contributed by atoms with E-state index in [2.05, 4.69) is 15.3 Å². The maximum atomic E-state index is 12.7. The van der Waals surface area contributed by atoms with Gasteiger partial charge in [-0.1, -0.05) is 0 Å². The van der Waals surface area contributed by atoms with E-state index in [1.807, 2.05) is 6.07 Å². The first-order valence-corrected chi connectivity index (χ1v) is 11.2. The van der Waals surface area contributed by atoms with Gasteiger partial charge in [-0.2, -0.15) is 0 Å². The van der Waals surface area contributed by atoms with Crippen LogP contribution in [-0.4, -0.2) is 59.4 Å². The minimum absolute atomic E-state index is 0.0358. The lowest BCUT2D eigenvalue weighted by Crippen LogP contribution is -2.37. The van der Waals surface area contributed by atoms with Crippen LogP contribution in [0.2, 0.25) is 0 Å². The lowest BCUT2D eigenvalue weighted by atomic mass is 9.87. The second kappa shape index (κ2) is 9.09. The Kier molecular flexibility index (Phi) is 6.24. The molecule has 10 heteroatoms.